The fourth-order valence-electron chi connectivity index (χ4n) is 0.541. The largest absolute Gasteiger partial charge is 0.351 e. The molecule has 2 amide bonds. The van der Waals surface area contributed by atoms with Crippen LogP contribution in [0.25, 0.3) is 0 Å². The van der Waals surface area contributed by atoms with Gasteiger partial charge in [-0.3, -0.25) is 0 Å². The van der Waals surface area contributed by atoms with E-state index in [1.165, 1.54) is 6.08 Å². The fourth-order valence-corrected chi connectivity index (χ4v) is 0.541. The second-order valence-electron chi connectivity index (χ2n) is 1.94. The van der Waals surface area contributed by atoms with E-state index in [1.807, 2.05) is 0 Å². The van der Waals surface area contributed by atoms with E-state index in [2.05, 4.69) is 18.5 Å². The Morgan fingerprint density at radius 1 is 1.33 bits per heavy atom. The maximum Gasteiger partial charge on any atom is 0.316 e. The molecule has 0 aromatic carbocycles. The first-order chi connectivity index (χ1) is 5.70. The van der Waals surface area contributed by atoms with Crippen molar-refractivity contribution in [2.45, 2.75) is 0 Å². The van der Waals surface area contributed by atoms with Crippen LogP contribution >= 0.6 is 0 Å². The predicted molar refractivity (Wildman–Crippen MR) is 50.3 cm³/mol. The molecule has 0 saturated carbocycles. The van der Waals surface area contributed by atoms with Crippen LogP contribution in [-0.4, -0.2) is 6.03 Å². The second-order valence-corrected chi connectivity index (χ2v) is 1.94. The number of primary amides is 1. The van der Waals surface area contributed by atoms with Gasteiger partial charge in [-0.1, -0.05) is 31.4 Å². The van der Waals surface area contributed by atoms with Gasteiger partial charge in [-0.05, 0) is 12.2 Å². The first-order valence-corrected chi connectivity index (χ1v) is 3.39. The number of allylic oxidation sites excluding steroid dienone is 5. The SMILES string of the molecule is C=C/C=C\C=C(/C=C)NC(N)=O. The topological polar surface area (TPSA) is 55.1 Å². The first kappa shape index (κ1) is 10.2. The summed E-state index contributed by atoms with van der Waals surface area (Å²) in [7, 11) is 0. The third-order valence-electron chi connectivity index (χ3n) is 1.01. The van der Waals surface area contributed by atoms with Crippen molar-refractivity contribution in [3.8, 4) is 0 Å². The van der Waals surface area contributed by atoms with Crippen LogP contribution in [0.2, 0.25) is 0 Å². The summed E-state index contributed by atoms with van der Waals surface area (Å²) in [5, 5.41) is 2.38. The molecule has 3 heteroatoms. The molecule has 0 aromatic rings. The smallest absolute Gasteiger partial charge is 0.316 e. The van der Waals surface area contributed by atoms with E-state index in [9.17, 15) is 4.79 Å². The van der Waals surface area contributed by atoms with Crippen LogP contribution in [0.15, 0.2) is 49.2 Å². The van der Waals surface area contributed by atoms with Gasteiger partial charge in [0.1, 0.15) is 0 Å². The van der Waals surface area contributed by atoms with E-state index in [4.69, 9.17) is 5.73 Å². The highest BCUT2D eigenvalue weighted by Gasteiger charge is 1.91. The molecular formula is C9H12N2O. The molecule has 0 atom stereocenters. The van der Waals surface area contributed by atoms with Gasteiger partial charge in [0, 0.05) is 5.70 Å². The number of carbonyl (C=O) groups is 1. The molecule has 0 radical (unpaired) electrons. The second kappa shape index (κ2) is 5.97. The number of carbonyl (C=O) groups excluding carboxylic acids is 1. The van der Waals surface area contributed by atoms with Gasteiger partial charge in [0.05, 0.1) is 0 Å². The molecule has 64 valence electrons. The third kappa shape index (κ3) is 5.05. The normalized spacial score (nSPS) is 11.2. The lowest BCUT2D eigenvalue weighted by atomic mass is 10.3. The van der Waals surface area contributed by atoms with Gasteiger partial charge in [-0.15, -0.1) is 0 Å². The van der Waals surface area contributed by atoms with E-state index in [0.29, 0.717) is 5.70 Å². The zero-order chi connectivity index (χ0) is 9.40. The van der Waals surface area contributed by atoms with Crippen LogP contribution in [0.5, 0.6) is 0 Å². The number of amides is 2. The summed E-state index contributed by atoms with van der Waals surface area (Å²) in [6.07, 6.45) is 8.24. The highest BCUT2D eigenvalue weighted by molar-refractivity contribution is 5.74. The highest BCUT2D eigenvalue weighted by atomic mass is 16.2. The van der Waals surface area contributed by atoms with Crippen molar-refractivity contribution < 1.29 is 4.79 Å². The molecule has 0 fully saturated rings. The van der Waals surface area contributed by atoms with Gasteiger partial charge in [-0.25, -0.2) is 4.79 Å². The lowest BCUT2D eigenvalue weighted by Crippen LogP contribution is -2.27. The zero-order valence-corrected chi connectivity index (χ0v) is 6.79. The van der Waals surface area contributed by atoms with Gasteiger partial charge in [0.2, 0.25) is 0 Å². The minimum Gasteiger partial charge on any atom is -0.351 e. The van der Waals surface area contributed by atoms with Gasteiger partial charge in [-0.2, -0.15) is 0 Å². The van der Waals surface area contributed by atoms with Crippen LogP contribution < -0.4 is 11.1 Å². The maximum absolute atomic E-state index is 10.4. The van der Waals surface area contributed by atoms with Crippen molar-refractivity contribution in [3.05, 3.63) is 49.2 Å². The Morgan fingerprint density at radius 2 is 2.00 bits per heavy atom. The average Bonchev–Trinajstić information content (AvgIpc) is 2.02. The van der Waals surface area contributed by atoms with E-state index in [-0.39, 0.29) is 0 Å². The molecule has 0 rings (SSSR count). The number of nitrogens with one attached hydrogen (secondary N) is 1. The molecule has 0 aromatic heterocycles. The summed E-state index contributed by atoms with van der Waals surface area (Å²) < 4.78 is 0. The number of nitrogens with two attached hydrogens (primary N) is 1. The molecule has 0 unspecified atom stereocenters. The minimum atomic E-state index is -0.604. The monoisotopic (exact) mass is 164 g/mol. The maximum atomic E-state index is 10.4. The molecule has 0 aliphatic rings. The van der Waals surface area contributed by atoms with Crippen molar-refractivity contribution in [1.82, 2.24) is 5.32 Å². The zero-order valence-electron chi connectivity index (χ0n) is 6.79. The Morgan fingerprint density at radius 3 is 2.42 bits per heavy atom. The summed E-state index contributed by atoms with van der Waals surface area (Å²) in [6.45, 7) is 6.98. The van der Waals surface area contributed by atoms with E-state index >= 15 is 0 Å². The number of hydrogen-bond acceptors (Lipinski definition) is 1. The summed E-state index contributed by atoms with van der Waals surface area (Å²) >= 11 is 0. The first-order valence-electron chi connectivity index (χ1n) is 3.39. The third-order valence-corrected chi connectivity index (χ3v) is 1.01. The summed E-state index contributed by atoms with van der Waals surface area (Å²) in [4.78, 5) is 10.4. The standard InChI is InChI=1S/C9H12N2O/c1-3-5-6-7-8(4-2)11-9(10)12/h3-7H,1-2H2,(H3,10,11,12)/b6-5-,8-7+. The Kier molecular flexibility index (Phi) is 5.09. The molecular weight excluding hydrogens is 152 g/mol. The minimum absolute atomic E-state index is 0.556. The van der Waals surface area contributed by atoms with Crippen LogP contribution in [-0.2, 0) is 0 Å². The van der Waals surface area contributed by atoms with Crippen LogP contribution in [0.3, 0.4) is 0 Å². The number of hydrogen-bond donors (Lipinski definition) is 2. The van der Waals surface area contributed by atoms with Gasteiger partial charge in [0.25, 0.3) is 0 Å². The molecule has 0 spiro atoms. The Bertz CT molecular complexity index is 239. The predicted octanol–water partition coefficient (Wildman–Crippen LogP) is 1.47. The lowest BCUT2D eigenvalue weighted by Gasteiger charge is -1.98. The average molecular weight is 164 g/mol. The van der Waals surface area contributed by atoms with Crippen molar-refractivity contribution in [2.24, 2.45) is 5.73 Å². The van der Waals surface area contributed by atoms with E-state index in [1.54, 1.807) is 24.3 Å². The Labute approximate surface area is 72.0 Å². The van der Waals surface area contributed by atoms with Crippen LogP contribution in [0.4, 0.5) is 4.79 Å². The molecule has 0 bridgehead atoms. The van der Waals surface area contributed by atoms with Crippen molar-refractivity contribution >= 4 is 6.03 Å². The Balaban J connectivity index is 4.22. The molecule has 3 N–H and O–H groups in total. The van der Waals surface area contributed by atoms with Crippen molar-refractivity contribution in [1.29, 1.82) is 0 Å². The Hall–Kier alpha value is -1.77. The quantitative estimate of drug-likeness (QED) is 0.607. The molecule has 0 heterocycles. The van der Waals surface area contributed by atoms with E-state index in [0.717, 1.165) is 0 Å². The summed E-state index contributed by atoms with van der Waals surface area (Å²) in [6, 6.07) is -0.604. The van der Waals surface area contributed by atoms with Crippen molar-refractivity contribution in [2.75, 3.05) is 0 Å². The van der Waals surface area contributed by atoms with Crippen molar-refractivity contribution in [3.63, 3.8) is 0 Å². The number of rotatable bonds is 4. The lowest BCUT2D eigenvalue weighted by molar-refractivity contribution is 0.251. The van der Waals surface area contributed by atoms with Crippen LogP contribution in [0.1, 0.15) is 0 Å². The van der Waals surface area contributed by atoms with Gasteiger partial charge >= 0.3 is 6.03 Å². The summed E-state index contributed by atoms with van der Waals surface area (Å²) in [5.41, 5.74) is 5.45. The van der Waals surface area contributed by atoms with E-state index < -0.39 is 6.03 Å². The molecule has 0 aliphatic carbocycles. The van der Waals surface area contributed by atoms with Gasteiger partial charge < -0.3 is 11.1 Å². The molecule has 3 nitrogen and oxygen atoms in total. The van der Waals surface area contributed by atoms with Crippen LogP contribution in [0, 0.1) is 0 Å². The molecule has 12 heavy (non-hydrogen) atoms. The molecule has 0 saturated heterocycles. The molecule has 0 aliphatic heterocycles. The highest BCUT2D eigenvalue weighted by Crippen LogP contribution is 1.90. The fraction of sp³-hybridized carbons (Fsp3) is 0. The van der Waals surface area contributed by atoms with Gasteiger partial charge in [0.15, 0.2) is 0 Å². The summed E-state index contributed by atoms with van der Waals surface area (Å²) in [5.74, 6) is 0. The number of urea groups is 1.